The lowest BCUT2D eigenvalue weighted by atomic mass is 10.2. The van der Waals surface area contributed by atoms with Crippen LogP contribution >= 0.6 is 0 Å². The molecule has 1 aromatic carbocycles. The van der Waals surface area contributed by atoms with Gasteiger partial charge in [-0.1, -0.05) is 12.1 Å². The Balaban J connectivity index is 1.65. The Labute approximate surface area is 140 Å². The summed E-state index contributed by atoms with van der Waals surface area (Å²) >= 11 is 0. The number of nitrogens with zero attached hydrogens (tertiary/aromatic N) is 1. The molecular formula is C17H20N4O3. The number of benzene rings is 1. The first kappa shape index (κ1) is 17.3. The normalized spacial score (nSPS) is 9.88. The highest BCUT2D eigenvalue weighted by Crippen LogP contribution is 2.12. The maximum atomic E-state index is 12.0. The van der Waals surface area contributed by atoms with Crippen LogP contribution in [-0.2, 0) is 6.54 Å². The molecule has 0 aliphatic rings. The molecule has 0 unspecified atom stereocenters. The number of urea groups is 1. The van der Waals surface area contributed by atoms with Crippen LogP contribution in [0.3, 0.4) is 0 Å². The van der Waals surface area contributed by atoms with Crippen LogP contribution in [0.2, 0.25) is 0 Å². The number of carbonyl (C=O) groups is 2. The van der Waals surface area contributed by atoms with Crippen molar-refractivity contribution < 1.29 is 14.3 Å². The highest BCUT2D eigenvalue weighted by molar-refractivity contribution is 5.94. The Morgan fingerprint density at radius 3 is 2.62 bits per heavy atom. The van der Waals surface area contributed by atoms with Gasteiger partial charge in [0.25, 0.3) is 5.91 Å². The third-order valence-corrected chi connectivity index (χ3v) is 3.18. The Hall–Kier alpha value is -3.09. The average molecular weight is 328 g/mol. The van der Waals surface area contributed by atoms with Crippen LogP contribution in [0.1, 0.15) is 16.1 Å². The van der Waals surface area contributed by atoms with E-state index in [1.807, 2.05) is 18.2 Å². The molecule has 2 aromatic rings. The Morgan fingerprint density at radius 1 is 1.04 bits per heavy atom. The van der Waals surface area contributed by atoms with Gasteiger partial charge in [0.05, 0.1) is 19.3 Å². The molecule has 7 heteroatoms. The van der Waals surface area contributed by atoms with Gasteiger partial charge in [0.1, 0.15) is 5.75 Å². The summed E-state index contributed by atoms with van der Waals surface area (Å²) in [6.07, 6.45) is 1.67. The largest absolute Gasteiger partial charge is 0.497 e. The Bertz CT molecular complexity index is 677. The van der Waals surface area contributed by atoms with E-state index in [0.29, 0.717) is 30.9 Å². The molecule has 1 heterocycles. The van der Waals surface area contributed by atoms with Gasteiger partial charge in [-0.3, -0.25) is 9.78 Å². The molecule has 3 amide bonds. The summed E-state index contributed by atoms with van der Waals surface area (Å²) < 4.78 is 5.08. The minimum atomic E-state index is -0.309. The van der Waals surface area contributed by atoms with Crippen LogP contribution in [0.25, 0.3) is 0 Å². The smallest absolute Gasteiger partial charge is 0.315 e. The van der Waals surface area contributed by atoms with Crippen molar-refractivity contribution in [2.75, 3.05) is 20.2 Å². The first-order valence-electron chi connectivity index (χ1n) is 7.53. The summed E-state index contributed by atoms with van der Waals surface area (Å²) in [7, 11) is 1.55. The predicted octanol–water partition coefficient (Wildman–Crippen LogP) is 1.32. The standard InChI is InChI=1S/C17H20N4O3/c1-24-15-7-4-5-13(11-15)16(22)19-9-10-20-17(23)21-12-14-6-2-3-8-18-14/h2-8,11H,9-10,12H2,1H3,(H,19,22)(H2,20,21,23). The van der Waals surface area contributed by atoms with E-state index >= 15 is 0 Å². The summed E-state index contributed by atoms with van der Waals surface area (Å²) in [5.41, 5.74) is 1.29. The number of hydrogen-bond donors (Lipinski definition) is 3. The number of aromatic nitrogens is 1. The second-order valence-electron chi connectivity index (χ2n) is 4.92. The minimum Gasteiger partial charge on any atom is -0.497 e. The highest BCUT2D eigenvalue weighted by atomic mass is 16.5. The third kappa shape index (κ3) is 5.60. The number of ether oxygens (including phenoxy) is 1. The van der Waals surface area contributed by atoms with Crippen molar-refractivity contribution in [3.63, 3.8) is 0 Å². The van der Waals surface area contributed by atoms with Gasteiger partial charge >= 0.3 is 6.03 Å². The first-order valence-corrected chi connectivity index (χ1v) is 7.53. The molecule has 0 aliphatic carbocycles. The fourth-order valence-corrected chi connectivity index (χ4v) is 1.95. The monoisotopic (exact) mass is 328 g/mol. The van der Waals surface area contributed by atoms with E-state index in [-0.39, 0.29) is 11.9 Å². The molecule has 0 saturated carbocycles. The Morgan fingerprint density at radius 2 is 1.88 bits per heavy atom. The van der Waals surface area contributed by atoms with E-state index in [2.05, 4.69) is 20.9 Å². The van der Waals surface area contributed by atoms with Crippen molar-refractivity contribution >= 4 is 11.9 Å². The maximum Gasteiger partial charge on any atom is 0.315 e. The summed E-state index contributed by atoms with van der Waals surface area (Å²) in [5.74, 6) is 0.402. The quantitative estimate of drug-likeness (QED) is 0.668. The molecule has 0 fully saturated rings. The van der Waals surface area contributed by atoms with Gasteiger partial charge in [0, 0.05) is 24.8 Å². The van der Waals surface area contributed by atoms with Crippen LogP contribution in [0.4, 0.5) is 4.79 Å². The van der Waals surface area contributed by atoms with Crippen molar-refractivity contribution in [2.45, 2.75) is 6.54 Å². The molecule has 0 atom stereocenters. The van der Waals surface area contributed by atoms with Crippen molar-refractivity contribution in [3.8, 4) is 5.75 Å². The molecule has 126 valence electrons. The van der Waals surface area contributed by atoms with E-state index in [9.17, 15) is 9.59 Å². The summed E-state index contributed by atoms with van der Waals surface area (Å²) in [5, 5.41) is 8.09. The molecule has 24 heavy (non-hydrogen) atoms. The molecule has 0 aliphatic heterocycles. The zero-order valence-corrected chi connectivity index (χ0v) is 13.4. The van der Waals surface area contributed by atoms with Crippen LogP contribution in [0.15, 0.2) is 48.7 Å². The molecule has 2 rings (SSSR count). The third-order valence-electron chi connectivity index (χ3n) is 3.18. The van der Waals surface area contributed by atoms with Gasteiger partial charge in [-0.25, -0.2) is 4.79 Å². The average Bonchev–Trinajstić information content (AvgIpc) is 2.64. The lowest BCUT2D eigenvalue weighted by Gasteiger charge is -2.09. The van der Waals surface area contributed by atoms with Gasteiger partial charge in [0.15, 0.2) is 0 Å². The number of rotatable bonds is 7. The van der Waals surface area contributed by atoms with Crippen LogP contribution in [-0.4, -0.2) is 37.1 Å². The van der Waals surface area contributed by atoms with Gasteiger partial charge in [-0.05, 0) is 30.3 Å². The number of amides is 3. The molecule has 1 aromatic heterocycles. The van der Waals surface area contributed by atoms with E-state index < -0.39 is 0 Å². The molecule has 7 nitrogen and oxygen atoms in total. The highest BCUT2D eigenvalue weighted by Gasteiger charge is 2.06. The van der Waals surface area contributed by atoms with Crippen molar-refractivity contribution in [3.05, 3.63) is 59.9 Å². The molecule has 0 bridgehead atoms. The maximum absolute atomic E-state index is 12.0. The van der Waals surface area contributed by atoms with Gasteiger partial charge in [0.2, 0.25) is 0 Å². The SMILES string of the molecule is COc1cccc(C(=O)NCCNC(=O)NCc2ccccn2)c1. The zero-order chi connectivity index (χ0) is 17.2. The first-order chi connectivity index (χ1) is 11.7. The number of hydrogen-bond acceptors (Lipinski definition) is 4. The zero-order valence-electron chi connectivity index (χ0n) is 13.4. The second kappa shape index (κ2) is 9.14. The van der Waals surface area contributed by atoms with Crippen molar-refractivity contribution in [1.82, 2.24) is 20.9 Å². The molecule has 0 spiro atoms. The lowest BCUT2D eigenvalue weighted by molar-refractivity contribution is 0.0953. The molecule has 3 N–H and O–H groups in total. The van der Waals surface area contributed by atoms with Crippen LogP contribution in [0.5, 0.6) is 5.75 Å². The topological polar surface area (TPSA) is 92.4 Å². The van der Waals surface area contributed by atoms with Gasteiger partial charge < -0.3 is 20.7 Å². The summed E-state index contributed by atoms with van der Waals surface area (Å²) in [6.45, 7) is 1.000. The van der Waals surface area contributed by atoms with Crippen LogP contribution < -0.4 is 20.7 Å². The Kier molecular flexibility index (Phi) is 6.58. The minimum absolute atomic E-state index is 0.218. The van der Waals surface area contributed by atoms with Crippen LogP contribution in [0, 0.1) is 0 Å². The number of pyridine rings is 1. The lowest BCUT2D eigenvalue weighted by Crippen LogP contribution is -2.40. The molecular weight excluding hydrogens is 308 g/mol. The molecule has 0 saturated heterocycles. The van der Waals surface area contributed by atoms with E-state index in [0.717, 1.165) is 5.69 Å². The van der Waals surface area contributed by atoms with E-state index in [1.165, 1.54) is 0 Å². The van der Waals surface area contributed by atoms with Gasteiger partial charge in [-0.2, -0.15) is 0 Å². The summed E-state index contributed by atoms with van der Waals surface area (Å²) in [6, 6.07) is 12.1. The number of methoxy groups -OCH3 is 1. The molecule has 0 radical (unpaired) electrons. The van der Waals surface area contributed by atoms with E-state index in [4.69, 9.17) is 4.74 Å². The van der Waals surface area contributed by atoms with Gasteiger partial charge in [-0.15, -0.1) is 0 Å². The fourth-order valence-electron chi connectivity index (χ4n) is 1.95. The van der Waals surface area contributed by atoms with Crippen molar-refractivity contribution in [1.29, 1.82) is 0 Å². The second-order valence-corrected chi connectivity index (χ2v) is 4.92. The number of nitrogens with one attached hydrogen (secondary N) is 3. The number of carbonyl (C=O) groups excluding carboxylic acids is 2. The van der Waals surface area contributed by atoms with Crippen molar-refractivity contribution in [2.24, 2.45) is 0 Å². The van der Waals surface area contributed by atoms with E-state index in [1.54, 1.807) is 37.6 Å². The fraction of sp³-hybridized carbons (Fsp3) is 0.235. The summed E-state index contributed by atoms with van der Waals surface area (Å²) in [4.78, 5) is 27.7. The predicted molar refractivity (Wildman–Crippen MR) is 89.8 cm³/mol.